The second-order valence-corrected chi connectivity index (χ2v) is 4.52. The molecule has 0 atom stereocenters. The van der Waals surface area contributed by atoms with E-state index in [2.05, 4.69) is 9.97 Å². The van der Waals surface area contributed by atoms with Gasteiger partial charge >= 0.3 is 0 Å². The summed E-state index contributed by atoms with van der Waals surface area (Å²) in [5.41, 5.74) is 1.04. The number of amides is 1. The van der Waals surface area contributed by atoms with Crippen molar-refractivity contribution in [1.82, 2.24) is 14.9 Å². The highest BCUT2D eigenvalue weighted by Gasteiger charge is 2.15. The fourth-order valence-corrected chi connectivity index (χ4v) is 1.58. The molecule has 0 aliphatic carbocycles. The van der Waals surface area contributed by atoms with Gasteiger partial charge in [-0.2, -0.15) is 5.26 Å². The first-order chi connectivity index (χ1) is 8.97. The fraction of sp³-hybridized carbons (Fsp3) is 0.538. The van der Waals surface area contributed by atoms with Crippen molar-refractivity contribution in [2.24, 2.45) is 0 Å². The number of rotatable bonds is 5. The molecule has 1 amide bonds. The van der Waals surface area contributed by atoms with Crippen molar-refractivity contribution in [3.05, 3.63) is 17.5 Å². The predicted molar refractivity (Wildman–Crippen MR) is 72.7 cm³/mol. The van der Waals surface area contributed by atoms with E-state index in [1.165, 1.54) is 4.90 Å². The minimum absolute atomic E-state index is 0.0166. The van der Waals surface area contributed by atoms with E-state index in [0.717, 1.165) is 12.1 Å². The van der Waals surface area contributed by atoms with Gasteiger partial charge in [0.25, 0.3) is 0 Å². The van der Waals surface area contributed by atoms with Crippen LogP contribution < -0.4 is 4.90 Å². The number of aryl methyl sites for hydroxylation is 1. The molecular formula is C13H19N5O. The number of likely N-dealkylation sites (N-methyl/N-ethyl adjacent to an activating group) is 1. The van der Waals surface area contributed by atoms with Crippen LogP contribution in [0.1, 0.15) is 24.7 Å². The van der Waals surface area contributed by atoms with E-state index in [1.807, 2.05) is 19.9 Å². The maximum absolute atomic E-state index is 11.8. The van der Waals surface area contributed by atoms with Crippen molar-refractivity contribution in [3.63, 3.8) is 0 Å². The molecule has 0 unspecified atom stereocenters. The molecule has 0 spiro atoms. The Morgan fingerprint density at radius 3 is 2.63 bits per heavy atom. The van der Waals surface area contributed by atoms with Crippen LogP contribution in [0.2, 0.25) is 0 Å². The Labute approximate surface area is 113 Å². The molecule has 0 aliphatic heterocycles. The van der Waals surface area contributed by atoms with Gasteiger partial charge in [-0.25, -0.2) is 9.97 Å². The van der Waals surface area contributed by atoms with Gasteiger partial charge in [0.15, 0.2) is 0 Å². The zero-order valence-electron chi connectivity index (χ0n) is 11.8. The first-order valence-electron chi connectivity index (χ1n) is 6.18. The molecule has 102 valence electrons. The third-order valence-electron chi connectivity index (χ3n) is 2.56. The van der Waals surface area contributed by atoms with E-state index in [0.29, 0.717) is 18.2 Å². The van der Waals surface area contributed by atoms with Gasteiger partial charge in [-0.1, -0.05) is 6.92 Å². The monoisotopic (exact) mass is 261 g/mol. The number of hydrogen-bond acceptors (Lipinski definition) is 5. The lowest BCUT2D eigenvalue weighted by Crippen LogP contribution is -2.38. The Balaban J connectivity index is 3.02. The Hall–Kier alpha value is -2.16. The molecule has 1 rings (SSSR count). The van der Waals surface area contributed by atoms with Crippen molar-refractivity contribution in [2.45, 2.75) is 20.3 Å². The maximum Gasteiger partial charge on any atom is 0.241 e. The largest absolute Gasteiger partial charge is 0.347 e. The number of carbonyl (C=O) groups is 1. The first-order valence-corrected chi connectivity index (χ1v) is 6.18. The van der Waals surface area contributed by atoms with Crippen LogP contribution in [0.25, 0.3) is 0 Å². The molecule has 19 heavy (non-hydrogen) atoms. The van der Waals surface area contributed by atoms with Crippen molar-refractivity contribution < 1.29 is 4.79 Å². The third-order valence-corrected chi connectivity index (χ3v) is 2.56. The number of anilines is 1. The molecule has 0 radical (unpaired) electrons. The van der Waals surface area contributed by atoms with Crippen LogP contribution in [0.3, 0.4) is 0 Å². The van der Waals surface area contributed by atoms with Gasteiger partial charge in [0.05, 0.1) is 6.54 Å². The van der Waals surface area contributed by atoms with Gasteiger partial charge in [-0.05, 0) is 19.4 Å². The zero-order chi connectivity index (χ0) is 14.4. The molecule has 6 nitrogen and oxygen atoms in total. The number of carbonyl (C=O) groups excluding carboxylic acids is 1. The van der Waals surface area contributed by atoms with Crippen LogP contribution in [0, 0.1) is 18.3 Å². The molecule has 6 heteroatoms. The van der Waals surface area contributed by atoms with Gasteiger partial charge < -0.3 is 9.80 Å². The van der Waals surface area contributed by atoms with E-state index >= 15 is 0 Å². The standard InChI is InChI=1S/C13H19N5O/c1-5-6-18(9-12(19)17(3)4)13-15-10(2)7-11(8-14)16-13/h7H,5-6,9H2,1-4H3. The maximum atomic E-state index is 11.8. The van der Waals surface area contributed by atoms with Gasteiger partial charge in [-0.3, -0.25) is 4.79 Å². The lowest BCUT2D eigenvalue weighted by Gasteiger charge is -2.23. The van der Waals surface area contributed by atoms with Crippen molar-refractivity contribution in [1.29, 1.82) is 5.26 Å². The van der Waals surface area contributed by atoms with Crippen LogP contribution in [0.5, 0.6) is 0 Å². The highest BCUT2D eigenvalue weighted by Crippen LogP contribution is 2.10. The van der Waals surface area contributed by atoms with Gasteiger partial charge in [0.2, 0.25) is 11.9 Å². The normalized spacial score (nSPS) is 9.84. The summed E-state index contributed by atoms with van der Waals surface area (Å²) in [5.74, 6) is 0.422. The molecule has 0 N–H and O–H groups in total. The van der Waals surface area contributed by atoms with E-state index in [9.17, 15) is 4.79 Å². The van der Waals surface area contributed by atoms with Gasteiger partial charge in [0, 0.05) is 26.3 Å². The smallest absolute Gasteiger partial charge is 0.241 e. The molecule has 1 aromatic rings. The van der Waals surface area contributed by atoms with Crippen molar-refractivity contribution in [3.8, 4) is 6.07 Å². The Kier molecular flexibility index (Phi) is 5.24. The summed E-state index contributed by atoms with van der Waals surface area (Å²) in [6, 6.07) is 3.63. The molecule has 0 aromatic carbocycles. The van der Waals surface area contributed by atoms with E-state index in [1.54, 1.807) is 25.1 Å². The van der Waals surface area contributed by atoms with Gasteiger partial charge in [0.1, 0.15) is 11.8 Å². The SMILES string of the molecule is CCCN(CC(=O)N(C)C)c1nc(C)cc(C#N)n1. The van der Waals surface area contributed by atoms with Crippen molar-refractivity contribution in [2.75, 3.05) is 32.1 Å². The van der Waals surface area contributed by atoms with Gasteiger partial charge in [-0.15, -0.1) is 0 Å². The molecular weight excluding hydrogens is 242 g/mol. The lowest BCUT2D eigenvalue weighted by atomic mass is 10.3. The summed E-state index contributed by atoms with van der Waals surface area (Å²) in [7, 11) is 3.43. The predicted octanol–water partition coefficient (Wildman–Crippen LogP) is 0.961. The summed E-state index contributed by atoms with van der Waals surface area (Å²) in [6.45, 7) is 4.72. The number of nitrogens with zero attached hydrogens (tertiary/aromatic N) is 5. The average molecular weight is 261 g/mol. The minimum atomic E-state index is -0.0166. The highest BCUT2D eigenvalue weighted by atomic mass is 16.2. The summed E-state index contributed by atoms with van der Waals surface area (Å²) in [6.07, 6.45) is 0.875. The molecule has 0 aliphatic rings. The molecule has 1 aromatic heterocycles. The summed E-state index contributed by atoms with van der Waals surface area (Å²) in [4.78, 5) is 23.6. The highest BCUT2D eigenvalue weighted by molar-refractivity contribution is 5.80. The van der Waals surface area contributed by atoms with Crippen LogP contribution in [-0.2, 0) is 4.79 Å². The molecule has 0 bridgehead atoms. The van der Waals surface area contributed by atoms with E-state index in [-0.39, 0.29) is 12.5 Å². The van der Waals surface area contributed by atoms with E-state index < -0.39 is 0 Å². The quantitative estimate of drug-likeness (QED) is 0.789. The van der Waals surface area contributed by atoms with Crippen molar-refractivity contribution >= 4 is 11.9 Å². The summed E-state index contributed by atoms with van der Waals surface area (Å²) >= 11 is 0. The summed E-state index contributed by atoms with van der Waals surface area (Å²) in [5, 5.41) is 8.93. The zero-order valence-corrected chi connectivity index (χ0v) is 11.8. The van der Waals surface area contributed by atoms with Crippen LogP contribution in [0.15, 0.2) is 6.07 Å². The minimum Gasteiger partial charge on any atom is -0.347 e. The second kappa shape index (κ2) is 6.69. The first kappa shape index (κ1) is 14.9. The molecule has 0 fully saturated rings. The third kappa shape index (κ3) is 4.21. The average Bonchev–Trinajstić information content (AvgIpc) is 2.37. The second-order valence-electron chi connectivity index (χ2n) is 4.52. The topological polar surface area (TPSA) is 73.1 Å². The lowest BCUT2D eigenvalue weighted by molar-refractivity contribution is -0.127. The van der Waals surface area contributed by atoms with E-state index in [4.69, 9.17) is 5.26 Å². The van der Waals surface area contributed by atoms with Crippen LogP contribution in [0.4, 0.5) is 5.95 Å². The molecule has 1 heterocycles. The number of hydrogen-bond donors (Lipinski definition) is 0. The Bertz CT molecular complexity index is 492. The summed E-state index contributed by atoms with van der Waals surface area (Å²) < 4.78 is 0. The fourth-order valence-electron chi connectivity index (χ4n) is 1.58. The molecule has 0 saturated carbocycles. The van der Waals surface area contributed by atoms with Crippen LogP contribution in [-0.4, -0.2) is 48.0 Å². The Morgan fingerprint density at radius 2 is 2.11 bits per heavy atom. The molecule has 0 saturated heterocycles. The number of aromatic nitrogens is 2. The Morgan fingerprint density at radius 1 is 1.42 bits per heavy atom. The van der Waals surface area contributed by atoms with Crippen LogP contribution >= 0.6 is 0 Å². The number of nitriles is 1.